The fourth-order valence-corrected chi connectivity index (χ4v) is 1.07. The lowest BCUT2D eigenvalue weighted by atomic mass is 10.2. The number of ether oxygens (including phenoxy) is 1. The molecular formula is C9H7BrN2O3. The minimum absolute atomic E-state index is 0.00982. The van der Waals surface area contributed by atoms with E-state index in [1.165, 1.54) is 19.4 Å². The highest BCUT2D eigenvalue weighted by Crippen LogP contribution is 2.23. The number of pyridine rings is 1. The number of hydrogen-bond donors (Lipinski definition) is 0. The predicted octanol–water partition coefficient (Wildman–Crippen LogP) is 1.74. The Morgan fingerprint density at radius 2 is 2.47 bits per heavy atom. The van der Waals surface area contributed by atoms with E-state index < -0.39 is 4.92 Å². The zero-order valence-electron chi connectivity index (χ0n) is 7.86. The van der Waals surface area contributed by atoms with E-state index in [0.29, 0.717) is 10.9 Å². The van der Waals surface area contributed by atoms with Crippen molar-refractivity contribution in [2.24, 2.45) is 0 Å². The summed E-state index contributed by atoms with van der Waals surface area (Å²) in [4.78, 5) is 13.9. The van der Waals surface area contributed by atoms with Gasteiger partial charge < -0.3 is 4.74 Å². The lowest BCUT2D eigenvalue weighted by molar-refractivity contribution is -0.386. The van der Waals surface area contributed by atoms with Crippen LogP contribution in [0, 0.1) is 22.0 Å². The fourth-order valence-electron chi connectivity index (χ4n) is 0.933. The first kappa shape index (κ1) is 11.5. The van der Waals surface area contributed by atoms with Gasteiger partial charge in [-0.25, -0.2) is 4.98 Å². The maximum atomic E-state index is 10.6. The van der Waals surface area contributed by atoms with E-state index in [-0.39, 0.29) is 11.6 Å². The highest BCUT2D eigenvalue weighted by Gasteiger charge is 2.16. The van der Waals surface area contributed by atoms with Crippen molar-refractivity contribution in [3.63, 3.8) is 0 Å². The van der Waals surface area contributed by atoms with E-state index in [2.05, 4.69) is 32.8 Å². The Balaban J connectivity index is 3.16. The topological polar surface area (TPSA) is 65.3 Å². The number of halogens is 1. The minimum Gasteiger partial charge on any atom is -0.476 e. The van der Waals surface area contributed by atoms with Gasteiger partial charge in [-0.05, 0) is 0 Å². The van der Waals surface area contributed by atoms with Crippen LogP contribution in [0.1, 0.15) is 5.56 Å². The van der Waals surface area contributed by atoms with Gasteiger partial charge in [0.05, 0.1) is 22.9 Å². The van der Waals surface area contributed by atoms with Gasteiger partial charge in [-0.3, -0.25) is 10.1 Å². The monoisotopic (exact) mass is 270 g/mol. The summed E-state index contributed by atoms with van der Waals surface area (Å²) in [6.07, 6.45) is 1.43. The second-order valence-electron chi connectivity index (χ2n) is 2.44. The van der Waals surface area contributed by atoms with Gasteiger partial charge in [0.25, 0.3) is 5.88 Å². The summed E-state index contributed by atoms with van der Waals surface area (Å²) in [6, 6.07) is 1.33. The van der Waals surface area contributed by atoms with Crippen LogP contribution in [0.15, 0.2) is 12.3 Å². The SMILES string of the molecule is COc1ncc(C#CCBr)cc1[N+](=O)[O-]. The molecule has 0 saturated carbocycles. The molecule has 0 amide bonds. The van der Waals surface area contributed by atoms with Crippen molar-refractivity contribution in [1.29, 1.82) is 0 Å². The molecule has 0 radical (unpaired) electrons. The molecule has 15 heavy (non-hydrogen) atoms. The number of alkyl halides is 1. The molecule has 5 nitrogen and oxygen atoms in total. The van der Waals surface area contributed by atoms with Gasteiger partial charge in [0.1, 0.15) is 0 Å². The molecule has 78 valence electrons. The molecule has 0 aromatic carbocycles. The van der Waals surface area contributed by atoms with Crippen LogP contribution in [0.2, 0.25) is 0 Å². The smallest absolute Gasteiger partial charge is 0.332 e. The molecule has 1 aromatic rings. The average molecular weight is 271 g/mol. The summed E-state index contributed by atoms with van der Waals surface area (Å²) >= 11 is 3.13. The average Bonchev–Trinajstić information content (AvgIpc) is 2.25. The van der Waals surface area contributed by atoms with Crippen LogP contribution in [0.5, 0.6) is 5.88 Å². The fraction of sp³-hybridized carbons (Fsp3) is 0.222. The first-order chi connectivity index (χ1) is 7.19. The van der Waals surface area contributed by atoms with Crippen LogP contribution in [0.4, 0.5) is 5.69 Å². The third-order valence-corrected chi connectivity index (χ3v) is 1.80. The third-order valence-electron chi connectivity index (χ3n) is 1.52. The Labute approximate surface area is 94.7 Å². The number of methoxy groups -OCH3 is 1. The lowest BCUT2D eigenvalue weighted by Gasteiger charge is -1.99. The van der Waals surface area contributed by atoms with E-state index in [4.69, 9.17) is 4.74 Å². The van der Waals surface area contributed by atoms with Crippen molar-refractivity contribution in [2.45, 2.75) is 0 Å². The van der Waals surface area contributed by atoms with Crippen molar-refractivity contribution >= 4 is 21.6 Å². The maximum absolute atomic E-state index is 10.6. The molecule has 6 heteroatoms. The van der Waals surface area contributed by atoms with Gasteiger partial charge in [-0.15, -0.1) is 0 Å². The number of nitrogens with zero attached hydrogens (tertiary/aromatic N) is 2. The summed E-state index contributed by atoms with van der Waals surface area (Å²) in [6.45, 7) is 0. The van der Waals surface area contributed by atoms with Gasteiger partial charge in [-0.1, -0.05) is 27.8 Å². The first-order valence-corrected chi connectivity index (χ1v) is 5.04. The molecule has 1 heterocycles. The Kier molecular flexibility index (Phi) is 4.06. The molecular weight excluding hydrogens is 264 g/mol. The van der Waals surface area contributed by atoms with E-state index >= 15 is 0 Å². The zero-order chi connectivity index (χ0) is 11.3. The third kappa shape index (κ3) is 2.92. The van der Waals surface area contributed by atoms with Crippen molar-refractivity contribution in [3.05, 3.63) is 27.9 Å². The second kappa shape index (κ2) is 5.32. The lowest BCUT2D eigenvalue weighted by Crippen LogP contribution is -1.96. The summed E-state index contributed by atoms with van der Waals surface area (Å²) in [7, 11) is 1.33. The van der Waals surface area contributed by atoms with Gasteiger partial charge >= 0.3 is 5.69 Å². The molecule has 0 spiro atoms. The van der Waals surface area contributed by atoms with Gasteiger partial charge in [0.15, 0.2) is 0 Å². The summed E-state index contributed by atoms with van der Waals surface area (Å²) in [5.41, 5.74) is 0.306. The van der Waals surface area contributed by atoms with Crippen LogP contribution in [0.25, 0.3) is 0 Å². The van der Waals surface area contributed by atoms with Crippen molar-refractivity contribution in [2.75, 3.05) is 12.4 Å². The van der Waals surface area contributed by atoms with Gasteiger partial charge in [0, 0.05) is 12.3 Å². The molecule has 1 aromatic heterocycles. The molecule has 0 bridgehead atoms. The number of nitro groups is 1. The van der Waals surface area contributed by atoms with Crippen molar-refractivity contribution in [1.82, 2.24) is 4.98 Å². The molecule has 0 unspecified atom stereocenters. The number of aromatic nitrogens is 1. The standard InChI is InChI=1S/C9H7BrN2O3/c1-15-9-8(12(13)14)5-7(6-11-9)3-2-4-10/h5-6H,4H2,1H3. The predicted molar refractivity (Wildman–Crippen MR) is 58.1 cm³/mol. The Morgan fingerprint density at radius 1 is 1.73 bits per heavy atom. The molecule has 1 rings (SSSR count). The molecule has 0 saturated heterocycles. The summed E-state index contributed by atoms with van der Waals surface area (Å²) in [5, 5.41) is 11.1. The van der Waals surface area contributed by atoms with E-state index in [1.54, 1.807) is 0 Å². The van der Waals surface area contributed by atoms with E-state index in [0.717, 1.165) is 0 Å². The normalized spacial score (nSPS) is 8.93. The molecule has 0 aliphatic rings. The van der Waals surface area contributed by atoms with Crippen molar-refractivity contribution in [3.8, 4) is 17.7 Å². The first-order valence-electron chi connectivity index (χ1n) is 3.92. The molecule has 0 aliphatic carbocycles. The van der Waals surface area contributed by atoms with Gasteiger partial charge in [-0.2, -0.15) is 0 Å². The van der Waals surface area contributed by atoms with Gasteiger partial charge in [0.2, 0.25) is 0 Å². The Hall–Kier alpha value is -1.61. The molecule has 0 atom stereocenters. The molecule has 0 fully saturated rings. The zero-order valence-corrected chi connectivity index (χ0v) is 9.44. The van der Waals surface area contributed by atoms with E-state index in [1.807, 2.05) is 0 Å². The van der Waals surface area contributed by atoms with Crippen LogP contribution < -0.4 is 4.74 Å². The van der Waals surface area contributed by atoms with Crippen LogP contribution >= 0.6 is 15.9 Å². The largest absolute Gasteiger partial charge is 0.476 e. The maximum Gasteiger partial charge on any atom is 0.332 e. The molecule has 0 N–H and O–H groups in total. The van der Waals surface area contributed by atoms with E-state index in [9.17, 15) is 10.1 Å². The number of rotatable bonds is 2. The van der Waals surface area contributed by atoms with Crippen LogP contribution in [0.3, 0.4) is 0 Å². The summed E-state index contributed by atoms with van der Waals surface area (Å²) < 4.78 is 4.76. The Morgan fingerprint density at radius 3 is 3.00 bits per heavy atom. The van der Waals surface area contributed by atoms with Crippen molar-refractivity contribution < 1.29 is 9.66 Å². The number of hydrogen-bond acceptors (Lipinski definition) is 4. The highest BCUT2D eigenvalue weighted by molar-refractivity contribution is 9.09. The quantitative estimate of drug-likeness (QED) is 0.355. The minimum atomic E-state index is -0.550. The molecule has 0 aliphatic heterocycles. The second-order valence-corrected chi connectivity index (χ2v) is 3.01. The Bertz CT molecular complexity index is 437. The highest BCUT2D eigenvalue weighted by atomic mass is 79.9. The van der Waals surface area contributed by atoms with Crippen LogP contribution in [-0.2, 0) is 0 Å². The van der Waals surface area contributed by atoms with Crippen LogP contribution in [-0.4, -0.2) is 22.3 Å². The summed E-state index contributed by atoms with van der Waals surface area (Å²) in [5.74, 6) is 5.44.